The summed E-state index contributed by atoms with van der Waals surface area (Å²) in [6, 6.07) is 0. The van der Waals surface area contributed by atoms with Crippen molar-refractivity contribution in [3.05, 3.63) is 0 Å². The summed E-state index contributed by atoms with van der Waals surface area (Å²) in [5.41, 5.74) is 1.23. The number of hydrogen-bond donors (Lipinski definition) is 0. The molecule has 0 heterocycles. The molecule has 0 aromatic carbocycles. The molecule has 0 aromatic heterocycles. The third-order valence-electron chi connectivity index (χ3n) is 9.75. The lowest BCUT2D eigenvalue weighted by Crippen LogP contribution is -2.49. The van der Waals surface area contributed by atoms with Crippen molar-refractivity contribution < 1.29 is 0 Å². The average Bonchev–Trinajstić information content (AvgIpc) is 2.88. The van der Waals surface area contributed by atoms with Gasteiger partial charge in [0.25, 0.3) is 0 Å². The largest absolute Gasteiger partial charge is 0.0654 e. The molecule has 3 fully saturated rings. The molecule has 0 aromatic rings. The van der Waals surface area contributed by atoms with E-state index in [1.807, 2.05) is 0 Å². The SMILES string of the molecule is CCCC(C)C1CCC(C2CCC3CCCCC3(C)C2CC)C1(C)C. The third kappa shape index (κ3) is 3.34. The van der Waals surface area contributed by atoms with Gasteiger partial charge in [-0.1, -0.05) is 73.6 Å². The van der Waals surface area contributed by atoms with E-state index in [0.29, 0.717) is 10.8 Å². The average molecular weight is 347 g/mol. The third-order valence-corrected chi connectivity index (χ3v) is 9.75. The van der Waals surface area contributed by atoms with Crippen LogP contribution >= 0.6 is 0 Å². The normalized spacial score (nSPS) is 45.1. The van der Waals surface area contributed by atoms with Crippen LogP contribution in [-0.4, -0.2) is 0 Å². The molecule has 3 aliphatic carbocycles. The molecule has 0 spiro atoms. The summed E-state index contributed by atoms with van der Waals surface area (Å²) >= 11 is 0. The van der Waals surface area contributed by atoms with Gasteiger partial charge in [0.15, 0.2) is 0 Å². The van der Waals surface area contributed by atoms with E-state index in [2.05, 4.69) is 41.5 Å². The maximum Gasteiger partial charge on any atom is -0.0267 e. The molecule has 3 rings (SSSR count). The van der Waals surface area contributed by atoms with Gasteiger partial charge in [0.1, 0.15) is 0 Å². The lowest BCUT2D eigenvalue weighted by atomic mass is 9.48. The predicted octanol–water partition coefficient (Wildman–Crippen LogP) is 8.11. The Balaban J connectivity index is 1.81. The first-order chi connectivity index (χ1) is 11.9. The summed E-state index contributed by atoms with van der Waals surface area (Å²) in [6.07, 6.45) is 16.4. The van der Waals surface area contributed by atoms with E-state index in [-0.39, 0.29) is 0 Å². The Labute approximate surface area is 158 Å². The van der Waals surface area contributed by atoms with Crippen molar-refractivity contribution in [2.75, 3.05) is 0 Å². The van der Waals surface area contributed by atoms with Gasteiger partial charge in [-0.2, -0.15) is 0 Å². The van der Waals surface area contributed by atoms with E-state index in [4.69, 9.17) is 0 Å². The van der Waals surface area contributed by atoms with Gasteiger partial charge in [0.05, 0.1) is 0 Å². The minimum atomic E-state index is 0.560. The number of hydrogen-bond acceptors (Lipinski definition) is 0. The molecule has 0 N–H and O–H groups in total. The Morgan fingerprint density at radius 3 is 2.36 bits per heavy atom. The van der Waals surface area contributed by atoms with Crippen molar-refractivity contribution in [2.45, 2.75) is 112 Å². The van der Waals surface area contributed by atoms with Crippen molar-refractivity contribution >= 4 is 0 Å². The lowest BCUT2D eigenvalue weighted by molar-refractivity contribution is -0.0739. The van der Waals surface area contributed by atoms with Gasteiger partial charge < -0.3 is 0 Å². The smallest absolute Gasteiger partial charge is 0.0267 e. The standard InChI is InChI=1S/C25H46/c1-7-11-18(3)22-15-16-23(24(22,4)5)20-14-13-19-12-9-10-17-25(19,6)21(20)8-2/h18-23H,7-17H2,1-6H3. The van der Waals surface area contributed by atoms with Crippen molar-refractivity contribution in [3.8, 4) is 0 Å². The van der Waals surface area contributed by atoms with E-state index >= 15 is 0 Å². The Hall–Kier alpha value is 0. The predicted molar refractivity (Wildman–Crippen MR) is 111 cm³/mol. The molecule has 7 unspecified atom stereocenters. The van der Waals surface area contributed by atoms with Crippen LogP contribution in [0.5, 0.6) is 0 Å². The minimum absolute atomic E-state index is 0.560. The molecule has 0 bridgehead atoms. The van der Waals surface area contributed by atoms with Gasteiger partial charge in [-0.25, -0.2) is 0 Å². The first-order valence-corrected chi connectivity index (χ1v) is 11.9. The van der Waals surface area contributed by atoms with Crippen LogP contribution in [0.2, 0.25) is 0 Å². The second-order valence-electron chi connectivity index (χ2n) is 11.1. The first kappa shape index (κ1) is 19.8. The van der Waals surface area contributed by atoms with E-state index in [0.717, 1.165) is 35.5 Å². The molecule has 146 valence electrons. The monoisotopic (exact) mass is 346 g/mol. The summed E-state index contributed by atoms with van der Waals surface area (Å²) in [4.78, 5) is 0. The van der Waals surface area contributed by atoms with Crippen LogP contribution < -0.4 is 0 Å². The summed E-state index contributed by atoms with van der Waals surface area (Å²) < 4.78 is 0. The minimum Gasteiger partial charge on any atom is -0.0654 e. The van der Waals surface area contributed by atoms with Crippen molar-refractivity contribution in [1.82, 2.24) is 0 Å². The molecular formula is C25H46. The Kier molecular flexibility index (Phi) is 5.97. The highest BCUT2D eigenvalue weighted by Crippen LogP contribution is 2.63. The molecule has 0 heteroatoms. The highest BCUT2D eigenvalue weighted by Gasteiger charge is 2.55. The van der Waals surface area contributed by atoms with Gasteiger partial charge >= 0.3 is 0 Å². The van der Waals surface area contributed by atoms with Gasteiger partial charge in [-0.05, 0) is 84.9 Å². The van der Waals surface area contributed by atoms with Crippen LogP contribution in [0.1, 0.15) is 112 Å². The van der Waals surface area contributed by atoms with Crippen molar-refractivity contribution in [3.63, 3.8) is 0 Å². The van der Waals surface area contributed by atoms with Crippen LogP contribution in [-0.2, 0) is 0 Å². The molecule has 3 saturated carbocycles. The maximum absolute atomic E-state index is 2.70. The zero-order valence-corrected chi connectivity index (χ0v) is 18.2. The summed E-state index contributed by atoms with van der Waals surface area (Å²) in [5, 5.41) is 0. The van der Waals surface area contributed by atoms with Gasteiger partial charge in [-0.3, -0.25) is 0 Å². The van der Waals surface area contributed by atoms with Crippen molar-refractivity contribution in [1.29, 1.82) is 0 Å². The zero-order valence-electron chi connectivity index (χ0n) is 18.2. The van der Waals surface area contributed by atoms with Gasteiger partial charge in [-0.15, -0.1) is 0 Å². The number of fused-ring (bicyclic) bond motifs is 1. The van der Waals surface area contributed by atoms with E-state index in [1.54, 1.807) is 12.8 Å². The fourth-order valence-corrected chi connectivity index (χ4v) is 8.55. The first-order valence-electron chi connectivity index (χ1n) is 11.9. The molecule has 25 heavy (non-hydrogen) atoms. The molecular weight excluding hydrogens is 300 g/mol. The molecule has 0 amide bonds. The maximum atomic E-state index is 2.70. The lowest BCUT2D eigenvalue weighted by Gasteiger charge is -2.57. The van der Waals surface area contributed by atoms with E-state index in [1.165, 1.54) is 57.8 Å². The summed E-state index contributed by atoms with van der Waals surface area (Å²) in [6.45, 7) is 15.4. The summed E-state index contributed by atoms with van der Waals surface area (Å²) in [7, 11) is 0. The molecule has 3 aliphatic rings. The van der Waals surface area contributed by atoms with Crippen LogP contribution in [0, 0.1) is 46.3 Å². The van der Waals surface area contributed by atoms with E-state index < -0.39 is 0 Å². The quantitative estimate of drug-likeness (QED) is 0.471. The Morgan fingerprint density at radius 1 is 0.920 bits per heavy atom. The van der Waals surface area contributed by atoms with Crippen LogP contribution in [0.25, 0.3) is 0 Å². The second kappa shape index (κ2) is 7.55. The number of rotatable bonds is 5. The van der Waals surface area contributed by atoms with Gasteiger partial charge in [0.2, 0.25) is 0 Å². The van der Waals surface area contributed by atoms with Crippen LogP contribution in [0.3, 0.4) is 0 Å². The Bertz CT molecular complexity index is 435. The van der Waals surface area contributed by atoms with Crippen molar-refractivity contribution in [2.24, 2.45) is 46.3 Å². The Morgan fingerprint density at radius 2 is 1.68 bits per heavy atom. The fourth-order valence-electron chi connectivity index (χ4n) is 8.55. The topological polar surface area (TPSA) is 0 Å². The molecule has 7 atom stereocenters. The molecule has 0 saturated heterocycles. The van der Waals surface area contributed by atoms with Gasteiger partial charge in [0, 0.05) is 0 Å². The second-order valence-corrected chi connectivity index (χ2v) is 11.1. The summed E-state index contributed by atoms with van der Waals surface area (Å²) in [5.74, 6) is 5.93. The molecule has 0 nitrogen and oxygen atoms in total. The fraction of sp³-hybridized carbons (Fsp3) is 1.00. The van der Waals surface area contributed by atoms with E-state index in [9.17, 15) is 0 Å². The van der Waals surface area contributed by atoms with Crippen LogP contribution in [0.4, 0.5) is 0 Å². The highest BCUT2D eigenvalue weighted by molar-refractivity contribution is 5.04. The molecule has 0 radical (unpaired) electrons. The highest BCUT2D eigenvalue weighted by atomic mass is 14.6. The molecule has 0 aliphatic heterocycles. The van der Waals surface area contributed by atoms with Crippen LogP contribution in [0.15, 0.2) is 0 Å². The zero-order chi connectivity index (χ0) is 18.2.